The molecule has 8 nitrogen and oxygen atoms in total. The Morgan fingerprint density at radius 3 is 0.538 bits per heavy atom. The van der Waals surface area contributed by atoms with Crippen LogP contribution in [0.4, 0.5) is 0 Å². The van der Waals surface area contributed by atoms with Crippen molar-refractivity contribution in [2.45, 2.75) is 0 Å². The van der Waals surface area contributed by atoms with Crippen molar-refractivity contribution >= 4 is 113 Å². The Morgan fingerprint density at radius 1 is 0.538 bits per heavy atom. The normalized spacial score (nSPS) is 9.23. The van der Waals surface area contributed by atoms with Crippen molar-refractivity contribution in [2.24, 2.45) is 0 Å². The van der Waals surface area contributed by atoms with E-state index in [0.29, 0.717) is 0 Å². The van der Waals surface area contributed by atoms with Crippen LogP contribution in [-0.2, 0) is 0 Å². The van der Waals surface area contributed by atoms with Crippen molar-refractivity contribution in [3.05, 3.63) is 0 Å². The van der Waals surface area contributed by atoms with Crippen LogP contribution in [0.15, 0.2) is 0 Å². The van der Waals surface area contributed by atoms with Gasteiger partial charge < -0.3 is 46.9 Å². The molecule has 0 heterocycles. The van der Waals surface area contributed by atoms with Gasteiger partial charge in [0.05, 0.1) is 0 Å². The van der Waals surface area contributed by atoms with Crippen LogP contribution in [0.2, 0.25) is 0 Å². The molecule has 13 heavy (non-hydrogen) atoms. The van der Waals surface area contributed by atoms with Gasteiger partial charge in [0.15, 0.2) is 0 Å². The zero-order chi connectivity index (χ0) is 9.00. The van der Waals surface area contributed by atoms with E-state index in [2.05, 4.69) is 0 Å². The van der Waals surface area contributed by atoms with Gasteiger partial charge in [-0.25, -0.2) is 0 Å². The van der Waals surface area contributed by atoms with Crippen LogP contribution >= 0.6 is 0 Å². The van der Waals surface area contributed by atoms with Crippen molar-refractivity contribution in [3.8, 4) is 0 Å². The molecule has 0 aromatic carbocycles. The molecule has 0 atom stereocenters. The summed E-state index contributed by atoms with van der Waals surface area (Å²) >= 11 is 0. The van der Waals surface area contributed by atoms with Crippen LogP contribution in [0.5, 0.6) is 0 Å². The zero-order valence-electron chi connectivity index (χ0n) is 12.7. The van der Waals surface area contributed by atoms with E-state index in [1.807, 2.05) is 0 Å². The molecular formula is H14BaMg2O8Si2. The second-order valence-electron chi connectivity index (χ2n) is 1.20. The molecule has 13 heteroatoms. The maximum absolute atomic E-state index is 7.33. The number of hydrogen-bond acceptors (Lipinski definition) is 8. The summed E-state index contributed by atoms with van der Waals surface area (Å²) in [6, 6.07) is 0. The summed E-state index contributed by atoms with van der Waals surface area (Å²) in [6.07, 6.45) is 0. The molecule has 76 valence electrons. The monoisotopic (exact) mass is 384 g/mol. The van der Waals surface area contributed by atoms with Gasteiger partial charge in [0.25, 0.3) is 0 Å². The average Bonchev–Trinajstić information content (AvgIpc) is 1.12. The van der Waals surface area contributed by atoms with E-state index in [1.165, 1.54) is 0 Å². The Morgan fingerprint density at radius 2 is 0.538 bits per heavy atom. The fourth-order valence-corrected chi connectivity index (χ4v) is 0. The first-order valence-electron chi connectivity index (χ1n) is 1.79. The topological polar surface area (TPSA) is 162 Å². The molecule has 0 unspecified atom stereocenters. The van der Waals surface area contributed by atoms with Crippen LogP contribution in [0.25, 0.3) is 0 Å². The van der Waals surface area contributed by atoms with Gasteiger partial charge in [-0.3, -0.25) is 0 Å². The summed E-state index contributed by atoms with van der Waals surface area (Å²) in [5.74, 6) is 0. The van der Waals surface area contributed by atoms with Gasteiger partial charge >= 0.3 is 113 Å². The zero-order valence-corrected chi connectivity index (χ0v) is 16.0. The fourth-order valence-electron chi connectivity index (χ4n) is 0. The van der Waals surface area contributed by atoms with Crippen LogP contribution in [0.1, 0.15) is 8.56 Å². The Labute approximate surface area is 158 Å². The third-order valence-electron chi connectivity index (χ3n) is 0. The maximum Gasteiger partial charge on any atom is 2.00 e. The van der Waals surface area contributed by atoms with Gasteiger partial charge in [-0.15, -0.1) is 0 Å². The molecule has 0 spiro atoms. The minimum Gasteiger partial charge on any atom is -1.00 e. The molecule has 0 aromatic heterocycles. The molecule has 0 aliphatic heterocycles. The van der Waals surface area contributed by atoms with Crippen LogP contribution in [0, 0.1) is 0 Å². The van der Waals surface area contributed by atoms with Crippen molar-refractivity contribution in [3.63, 3.8) is 0 Å². The van der Waals surface area contributed by atoms with Crippen LogP contribution < -0.4 is 0 Å². The average molecular weight is 384 g/mol. The first kappa shape index (κ1) is 29.8. The summed E-state index contributed by atoms with van der Waals surface area (Å²) in [5.41, 5.74) is 0. The minimum atomic E-state index is -4.61. The third kappa shape index (κ3) is 257. The predicted molar refractivity (Wildman–Crippen MR) is 53.2 cm³/mol. The van der Waals surface area contributed by atoms with Crippen molar-refractivity contribution in [1.29, 1.82) is 0 Å². The molecule has 0 saturated carbocycles. The molecule has 0 aromatic rings. The largest absolute Gasteiger partial charge is 2.00 e. The molecular weight excluding hydrogens is 370 g/mol. The summed E-state index contributed by atoms with van der Waals surface area (Å²) in [5, 5.41) is 0. The van der Waals surface area contributed by atoms with Gasteiger partial charge in [0.2, 0.25) is 0 Å². The summed E-state index contributed by atoms with van der Waals surface area (Å²) in [4.78, 5) is 58.6. The molecule has 0 amide bonds. The molecule has 0 aliphatic carbocycles. The van der Waals surface area contributed by atoms with Gasteiger partial charge in [-0.2, -0.15) is 0 Å². The Kier molecular flexibility index (Phi) is 30.5. The summed E-state index contributed by atoms with van der Waals surface area (Å²) in [7, 11) is -9.22. The predicted octanol–water partition coefficient (Wildman–Crippen LogP) is -5.68. The molecule has 0 saturated heterocycles. The van der Waals surface area contributed by atoms with E-state index >= 15 is 0 Å². The number of rotatable bonds is 0. The van der Waals surface area contributed by atoms with Gasteiger partial charge in [-0.05, 0) is 0 Å². The van der Waals surface area contributed by atoms with Gasteiger partial charge in [-0.1, -0.05) is 0 Å². The summed E-state index contributed by atoms with van der Waals surface area (Å²) in [6.45, 7) is 0. The smallest absolute Gasteiger partial charge is 1.00 e. The SMILES string of the molecule is O[Si](O)(O)O.O[Si](O)(O)O.[Ba+2].[H-].[H-].[H-].[H-].[H-].[H-].[Mg+2].[Mg+2]. The van der Waals surface area contributed by atoms with E-state index in [0.717, 1.165) is 0 Å². The van der Waals surface area contributed by atoms with E-state index in [4.69, 9.17) is 38.4 Å². The minimum absolute atomic E-state index is 0. The van der Waals surface area contributed by atoms with E-state index in [-0.39, 0.29) is 104 Å². The Hall–Kier alpha value is 3.22. The Balaban J connectivity index is -0.00000000508. The van der Waals surface area contributed by atoms with Crippen LogP contribution in [0.3, 0.4) is 0 Å². The van der Waals surface area contributed by atoms with Crippen molar-refractivity contribution in [2.75, 3.05) is 0 Å². The third-order valence-corrected chi connectivity index (χ3v) is 0. The quantitative estimate of drug-likeness (QED) is 0.192. The van der Waals surface area contributed by atoms with E-state index in [9.17, 15) is 0 Å². The first-order chi connectivity index (χ1) is 4.00. The molecule has 0 aliphatic rings. The first-order valence-corrected chi connectivity index (χ1v) is 5.37. The van der Waals surface area contributed by atoms with Gasteiger partial charge in [0, 0.05) is 0 Å². The molecule has 0 fully saturated rings. The Bertz CT molecular complexity index is 80.2. The van der Waals surface area contributed by atoms with Crippen molar-refractivity contribution < 1.29 is 46.9 Å². The summed E-state index contributed by atoms with van der Waals surface area (Å²) < 4.78 is 0. The standard InChI is InChI=1S/Ba.2Mg.2H4O4Si.6H/c;;;2*1-5(2,3)4;;;;;;/h;;;2*1-4H;;;;;;/q3*+2;;;6*-1. The maximum atomic E-state index is 7.33. The second-order valence-corrected chi connectivity index (χ2v) is 3.60. The number of hydrogen-bond donors (Lipinski definition) is 8. The van der Waals surface area contributed by atoms with E-state index in [1.54, 1.807) is 0 Å². The van der Waals surface area contributed by atoms with E-state index < -0.39 is 18.1 Å². The molecule has 0 bridgehead atoms. The van der Waals surface area contributed by atoms with Crippen LogP contribution in [-0.4, -0.2) is 151 Å². The molecule has 0 rings (SSSR count). The molecule has 8 N–H and O–H groups in total. The fraction of sp³-hybridized carbons (Fsp3) is 0. The second kappa shape index (κ2) is 13.3. The van der Waals surface area contributed by atoms with Gasteiger partial charge in [0.1, 0.15) is 0 Å². The molecule has 0 radical (unpaired) electrons. The van der Waals surface area contributed by atoms with Crippen molar-refractivity contribution in [1.82, 2.24) is 0 Å².